The molecule has 0 bridgehead atoms. The van der Waals surface area contributed by atoms with Crippen molar-refractivity contribution in [2.75, 3.05) is 26.0 Å². The fourth-order valence-electron chi connectivity index (χ4n) is 2.13. The van der Waals surface area contributed by atoms with Gasteiger partial charge in [0.05, 0.1) is 6.04 Å². The Morgan fingerprint density at radius 2 is 2.16 bits per heavy atom. The second-order valence-corrected chi connectivity index (χ2v) is 4.92. The van der Waals surface area contributed by atoms with Gasteiger partial charge in [0.1, 0.15) is 0 Å². The zero-order chi connectivity index (χ0) is 13.8. The maximum Gasteiger partial charge on any atom is 0.253 e. The van der Waals surface area contributed by atoms with E-state index in [1.54, 1.807) is 38.4 Å². The third-order valence-electron chi connectivity index (χ3n) is 3.16. The number of hydrogen-bond donors (Lipinski definition) is 2. The molecule has 1 aliphatic rings. The number of nitrogens with zero attached hydrogens (tertiary/aromatic N) is 1. The van der Waals surface area contributed by atoms with E-state index in [1.807, 2.05) is 0 Å². The van der Waals surface area contributed by atoms with Crippen LogP contribution in [0.15, 0.2) is 24.3 Å². The zero-order valence-corrected chi connectivity index (χ0v) is 11.3. The van der Waals surface area contributed by atoms with Gasteiger partial charge in [-0.1, -0.05) is 6.07 Å². The number of carbonyl (C=O) groups is 2. The molecule has 1 atom stereocenters. The Kier molecular flexibility index (Phi) is 4.16. The van der Waals surface area contributed by atoms with E-state index in [4.69, 9.17) is 0 Å². The minimum absolute atomic E-state index is 0.0352. The van der Waals surface area contributed by atoms with Gasteiger partial charge in [-0.05, 0) is 37.6 Å². The SMILES string of the molecule is CN(C)C(=O)c1cccc(NC(=O)C2CCCN2)c1. The zero-order valence-electron chi connectivity index (χ0n) is 11.3. The molecule has 0 aliphatic carbocycles. The Bertz CT molecular complexity index is 479. The number of rotatable bonds is 3. The topological polar surface area (TPSA) is 61.4 Å². The van der Waals surface area contributed by atoms with Crippen LogP contribution in [0, 0.1) is 0 Å². The molecule has 1 saturated heterocycles. The van der Waals surface area contributed by atoms with Gasteiger partial charge in [0.25, 0.3) is 5.91 Å². The summed E-state index contributed by atoms with van der Waals surface area (Å²) in [4.78, 5) is 25.3. The molecule has 1 aromatic rings. The number of amides is 2. The summed E-state index contributed by atoms with van der Waals surface area (Å²) >= 11 is 0. The number of hydrogen-bond acceptors (Lipinski definition) is 3. The van der Waals surface area contributed by atoms with Crippen LogP contribution in [0.3, 0.4) is 0 Å². The highest BCUT2D eigenvalue weighted by Crippen LogP contribution is 2.14. The Morgan fingerprint density at radius 3 is 2.79 bits per heavy atom. The van der Waals surface area contributed by atoms with E-state index in [0.717, 1.165) is 19.4 Å². The van der Waals surface area contributed by atoms with Crippen molar-refractivity contribution in [2.24, 2.45) is 0 Å². The molecule has 0 spiro atoms. The average Bonchev–Trinajstić information content (AvgIpc) is 2.92. The molecule has 1 aliphatic heterocycles. The van der Waals surface area contributed by atoms with Crippen LogP contribution < -0.4 is 10.6 Å². The third kappa shape index (κ3) is 3.32. The molecule has 0 radical (unpaired) electrons. The summed E-state index contributed by atoms with van der Waals surface area (Å²) in [6, 6.07) is 6.89. The minimum atomic E-state index is -0.117. The molecule has 5 heteroatoms. The van der Waals surface area contributed by atoms with Gasteiger partial charge in [-0.2, -0.15) is 0 Å². The Hall–Kier alpha value is -1.88. The molecular formula is C14H19N3O2. The van der Waals surface area contributed by atoms with E-state index in [9.17, 15) is 9.59 Å². The van der Waals surface area contributed by atoms with Gasteiger partial charge in [-0.25, -0.2) is 0 Å². The van der Waals surface area contributed by atoms with Crippen molar-refractivity contribution in [2.45, 2.75) is 18.9 Å². The molecule has 1 unspecified atom stereocenters. The van der Waals surface area contributed by atoms with Crippen LogP contribution in [0.25, 0.3) is 0 Å². The first-order valence-corrected chi connectivity index (χ1v) is 6.44. The first kappa shape index (κ1) is 13.5. The molecular weight excluding hydrogens is 242 g/mol. The third-order valence-corrected chi connectivity index (χ3v) is 3.16. The van der Waals surface area contributed by atoms with Gasteiger partial charge in [0, 0.05) is 25.3 Å². The van der Waals surface area contributed by atoms with Crippen LogP contribution >= 0.6 is 0 Å². The Labute approximate surface area is 113 Å². The maximum absolute atomic E-state index is 12.0. The lowest BCUT2D eigenvalue weighted by atomic mass is 10.1. The van der Waals surface area contributed by atoms with Crippen molar-refractivity contribution in [3.8, 4) is 0 Å². The van der Waals surface area contributed by atoms with Crippen LogP contribution in [0.5, 0.6) is 0 Å². The minimum Gasteiger partial charge on any atom is -0.345 e. The summed E-state index contributed by atoms with van der Waals surface area (Å²) in [5.41, 5.74) is 1.23. The van der Waals surface area contributed by atoms with Gasteiger partial charge in [0.15, 0.2) is 0 Å². The fourth-order valence-corrected chi connectivity index (χ4v) is 2.13. The monoisotopic (exact) mass is 261 g/mol. The predicted octanol–water partition coefficient (Wildman–Crippen LogP) is 1.08. The van der Waals surface area contributed by atoms with Crippen molar-refractivity contribution >= 4 is 17.5 Å². The van der Waals surface area contributed by atoms with E-state index in [2.05, 4.69) is 10.6 Å². The van der Waals surface area contributed by atoms with Crippen LogP contribution in [-0.2, 0) is 4.79 Å². The largest absolute Gasteiger partial charge is 0.345 e. The summed E-state index contributed by atoms with van der Waals surface area (Å²) in [7, 11) is 3.41. The van der Waals surface area contributed by atoms with Crippen molar-refractivity contribution in [3.05, 3.63) is 29.8 Å². The van der Waals surface area contributed by atoms with Crippen LogP contribution in [0.4, 0.5) is 5.69 Å². The van der Waals surface area contributed by atoms with E-state index in [-0.39, 0.29) is 17.9 Å². The summed E-state index contributed by atoms with van der Waals surface area (Å²) in [6.07, 6.45) is 1.89. The molecule has 2 amide bonds. The molecule has 1 heterocycles. The van der Waals surface area contributed by atoms with Crippen molar-refractivity contribution < 1.29 is 9.59 Å². The maximum atomic E-state index is 12.0. The van der Waals surface area contributed by atoms with Gasteiger partial charge >= 0.3 is 0 Å². The van der Waals surface area contributed by atoms with Crippen LogP contribution in [-0.4, -0.2) is 43.4 Å². The summed E-state index contributed by atoms with van der Waals surface area (Å²) in [5.74, 6) is -0.109. The highest BCUT2D eigenvalue weighted by atomic mass is 16.2. The van der Waals surface area contributed by atoms with E-state index < -0.39 is 0 Å². The van der Waals surface area contributed by atoms with Gasteiger partial charge in [0.2, 0.25) is 5.91 Å². The second-order valence-electron chi connectivity index (χ2n) is 4.92. The standard InChI is InChI=1S/C14H19N3O2/c1-17(2)14(19)10-5-3-6-11(9-10)16-13(18)12-7-4-8-15-12/h3,5-6,9,12,15H,4,7-8H2,1-2H3,(H,16,18). The van der Waals surface area contributed by atoms with E-state index in [1.165, 1.54) is 4.90 Å². The molecule has 1 fully saturated rings. The highest BCUT2D eigenvalue weighted by molar-refractivity contribution is 5.98. The number of benzene rings is 1. The molecule has 2 N–H and O–H groups in total. The van der Waals surface area contributed by atoms with E-state index >= 15 is 0 Å². The Balaban J connectivity index is 2.06. The number of nitrogens with one attached hydrogen (secondary N) is 2. The van der Waals surface area contributed by atoms with Crippen LogP contribution in [0.2, 0.25) is 0 Å². The van der Waals surface area contributed by atoms with Gasteiger partial charge < -0.3 is 15.5 Å². The second kappa shape index (κ2) is 5.84. The summed E-state index contributed by atoms with van der Waals surface area (Å²) in [5, 5.41) is 5.99. The van der Waals surface area contributed by atoms with E-state index in [0.29, 0.717) is 11.3 Å². The number of anilines is 1. The molecule has 2 rings (SSSR count). The first-order chi connectivity index (χ1) is 9.08. The first-order valence-electron chi connectivity index (χ1n) is 6.44. The van der Waals surface area contributed by atoms with Gasteiger partial charge in [-0.3, -0.25) is 9.59 Å². The highest BCUT2D eigenvalue weighted by Gasteiger charge is 2.22. The fraction of sp³-hybridized carbons (Fsp3) is 0.429. The predicted molar refractivity (Wildman–Crippen MR) is 74.1 cm³/mol. The number of carbonyl (C=O) groups excluding carboxylic acids is 2. The van der Waals surface area contributed by atoms with Crippen LogP contribution in [0.1, 0.15) is 23.2 Å². The Morgan fingerprint density at radius 1 is 1.37 bits per heavy atom. The lowest BCUT2D eigenvalue weighted by Gasteiger charge is -2.13. The smallest absolute Gasteiger partial charge is 0.253 e. The molecule has 0 saturated carbocycles. The quantitative estimate of drug-likeness (QED) is 0.856. The molecule has 19 heavy (non-hydrogen) atoms. The summed E-state index contributed by atoms with van der Waals surface area (Å²) < 4.78 is 0. The molecule has 1 aromatic carbocycles. The molecule has 0 aromatic heterocycles. The van der Waals surface area contributed by atoms with Crippen molar-refractivity contribution in [1.82, 2.24) is 10.2 Å². The van der Waals surface area contributed by atoms with Crippen molar-refractivity contribution in [3.63, 3.8) is 0 Å². The lowest BCUT2D eigenvalue weighted by Crippen LogP contribution is -2.35. The summed E-state index contributed by atoms with van der Waals surface area (Å²) in [6.45, 7) is 0.886. The molecule has 102 valence electrons. The molecule has 5 nitrogen and oxygen atoms in total. The van der Waals surface area contributed by atoms with Gasteiger partial charge in [-0.15, -0.1) is 0 Å². The average molecular weight is 261 g/mol. The lowest BCUT2D eigenvalue weighted by molar-refractivity contribution is -0.117. The normalized spacial score (nSPS) is 18.1. The van der Waals surface area contributed by atoms with Crippen molar-refractivity contribution in [1.29, 1.82) is 0 Å².